The highest BCUT2D eigenvalue weighted by Crippen LogP contribution is 2.18. The predicted molar refractivity (Wildman–Crippen MR) is 74.5 cm³/mol. The minimum absolute atomic E-state index is 0.582. The molecule has 0 spiro atoms. The Labute approximate surface area is 106 Å². The fraction of sp³-hybridized carbons (Fsp3) is 0.500. The van der Waals surface area contributed by atoms with Crippen LogP contribution in [0.3, 0.4) is 0 Å². The summed E-state index contributed by atoms with van der Waals surface area (Å²) in [6.07, 6.45) is 3.27. The first-order chi connectivity index (χ1) is 8.15. The summed E-state index contributed by atoms with van der Waals surface area (Å²) in [5.74, 6) is 1.56. The van der Waals surface area contributed by atoms with Gasteiger partial charge >= 0.3 is 0 Å². The van der Waals surface area contributed by atoms with Crippen LogP contribution in [0.5, 0.6) is 5.75 Å². The van der Waals surface area contributed by atoms with E-state index >= 15 is 0 Å². The molecule has 1 nitrogen and oxygen atoms in total. The summed E-state index contributed by atoms with van der Waals surface area (Å²) in [4.78, 5) is 0. The van der Waals surface area contributed by atoms with Gasteiger partial charge in [-0.2, -0.15) is 0 Å². The second-order valence-corrected chi connectivity index (χ2v) is 4.74. The summed E-state index contributed by atoms with van der Waals surface area (Å²) in [5, 5.41) is 0. The molecule has 0 amide bonds. The van der Waals surface area contributed by atoms with Crippen LogP contribution in [0.4, 0.5) is 0 Å². The van der Waals surface area contributed by atoms with Gasteiger partial charge in [0.15, 0.2) is 0 Å². The molecule has 0 bridgehead atoms. The topological polar surface area (TPSA) is 9.23 Å². The monoisotopic (exact) mass is 232 g/mol. The van der Waals surface area contributed by atoms with Gasteiger partial charge < -0.3 is 4.74 Å². The molecule has 0 aliphatic carbocycles. The third-order valence-corrected chi connectivity index (χ3v) is 3.03. The van der Waals surface area contributed by atoms with Gasteiger partial charge in [-0.1, -0.05) is 31.6 Å². The third-order valence-electron chi connectivity index (χ3n) is 3.03. The summed E-state index contributed by atoms with van der Waals surface area (Å²) in [7, 11) is 0. The summed E-state index contributed by atoms with van der Waals surface area (Å²) >= 11 is 0. The van der Waals surface area contributed by atoms with Crippen LogP contribution in [-0.2, 0) is 6.42 Å². The van der Waals surface area contributed by atoms with Crippen LogP contribution >= 0.6 is 0 Å². The maximum atomic E-state index is 5.82. The normalized spacial score (nSPS) is 12.2. The van der Waals surface area contributed by atoms with E-state index in [1.165, 1.54) is 11.1 Å². The van der Waals surface area contributed by atoms with E-state index in [0.717, 1.165) is 31.6 Å². The van der Waals surface area contributed by atoms with E-state index in [1.54, 1.807) is 0 Å². The smallest absolute Gasteiger partial charge is 0.119 e. The molecule has 0 radical (unpaired) electrons. The summed E-state index contributed by atoms with van der Waals surface area (Å²) < 4.78 is 5.82. The Hall–Kier alpha value is -1.24. The number of hydrogen-bond donors (Lipinski definition) is 0. The second kappa shape index (κ2) is 7.16. The molecule has 0 N–H and O–H groups in total. The van der Waals surface area contributed by atoms with Crippen LogP contribution in [0.15, 0.2) is 36.4 Å². The Bertz CT molecular complexity index is 337. The van der Waals surface area contributed by atoms with E-state index in [4.69, 9.17) is 4.74 Å². The zero-order valence-corrected chi connectivity index (χ0v) is 11.3. The SMILES string of the molecule is C=C(C)CC(CC)COc1ccc(CC)cc1. The molecule has 1 rings (SSSR count). The van der Waals surface area contributed by atoms with Crippen LogP contribution in [0, 0.1) is 5.92 Å². The molecule has 0 aliphatic heterocycles. The van der Waals surface area contributed by atoms with Crippen molar-refractivity contribution in [3.63, 3.8) is 0 Å². The van der Waals surface area contributed by atoms with Crippen LogP contribution in [0.25, 0.3) is 0 Å². The zero-order chi connectivity index (χ0) is 12.7. The van der Waals surface area contributed by atoms with E-state index in [-0.39, 0.29) is 0 Å². The molecule has 0 aromatic heterocycles. The lowest BCUT2D eigenvalue weighted by Crippen LogP contribution is -2.11. The molecule has 0 aliphatic rings. The fourth-order valence-corrected chi connectivity index (χ4v) is 1.85. The average Bonchev–Trinajstić information content (AvgIpc) is 2.34. The van der Waals surface area contributed by atoms with E-state index in [1.807, 2.05) is 0 Å². The van der Waals surface area contributed by atoms with Crippen molar-refractivity contribution in [3.05, 3.63) is 42.0 Å². The largest absolute Gasteiger partial charge is 0.493 e. The lowest BCUT2D eigenvalue weighted by Gasteiger charge is -2.16. The number of hydrogen-bond acceptors (Lipinski definition) is 1. The molecule has 1 atom stereocenters. The highest BCUT2D eigenvalue weighted by molar-refractivity contribution is 5.27. The second-order valence-electron chi connectivity index (χ2n) is 4.74. The Balaban J connectivity index is 2.44. The molecule has 0 fully saturated rings. The maximum Gasteiger partial charge on any atom is 0.119 e. The first kappa shape index (κ1) is 13.8. The number of benzene rings is 1. The lowest BCUT2D eigenvalue weighted by atomic mass is 9.99. The molecule has 1 unspecified atom stereocenters. The van der Waals surface area contributed by atoms with Crippen LogP contribution in [0.1, 0.15) is 39.2 Å². The molecule has 0 heterocycles. The Morgan fingerprint density at radius 1 is 1.24 bits per heavy atom. The van der Waals surface area contributed by atoms with Gasteiger partial charge in [0, 0.05) is 0 Å². The van der Waals surface area contributed by atoms with E-state index in [0.29, 0.717) is 5.92 Å². The minimum atomic E-state index is 0.582. The first-order valence-corrected chi connectivity index (χ1v) is 6.51. The number of allylic oxidation sites excluding steroid dienone is 1. The molecule has 1 aromatic rings. The number of aryl methyl sites for hydroxylation is 1. The van der Waals surface area contributed by atoms with Crippen LogP contribution in [0.2, 0.25) is 0 Å². The molecule has 94 valence electrons. The molecule has 1 heteroatoms. The zero-order valence-electron chi connectivity index (χ0n) is 11.3. The van der Waals surface area contributed by atoms with Gasteiger partial charge in [-0.05, 0) is 49.8 Å². The van der Waals surface area contributed by atoms with Crippen LogP contribution in [-0.4, -0.2) is 6.61 Å². The lowest BCUT2D eigenvalue weighted by molar-refractivity contribution is 0.243. The average molecular weight is 232 g/mol. The van der Waals surface area contributed by atoms with Gasteiger partial charge in [0.25, 0.3) is 0 Å². The molecular formula is C16H24O. The molecule has 1 aromatic carbocycles. The van der Waals surface area contributed by atoms with Crippen molar-refractivity contribution >= 4 is 0 Å². The van der Waals surface area contributed by atoms with Gasteiger partial charge in [-0.15, -0.1) is 6.58 Å². The minimum Gasteiger partial charge on any atom is -0.493 e. The molecule has 0 saturated heterocycles. The predicted octanol–water partition coefficient (Wildman–Crippen LogP) is 4.62. The summed E-state index contributed by atoms with van der Waals surface area (Å²) in [6.45, 7) is 11.2. The van der Waals surface area contributed by atoms with Crippen molar-refractivity contribution in [1.82, 2.24) is 0 Å². The van der Waals surface area contributed by atoms with Gasteiger partial charge in [-0.25, -0.2) is 0 Å². The van der Waals surface area contributed by atoms with E-state index < -0.39 is 0 Å². The Morgan fingerprint density at radius 3 is 2.35 bits per heavy atom. The Kier molecular flexibility index (Phi) is 5.82. The molecular weight excluding hydrogens is 208 g/mol. The molecule has 0 saturated carbocycles. The van der Waals surface area contributed by atoms with Crippen molar-refractivity contribution in [3.8, 4) is 5.75 Å². The maximum absolute atomic E-state index is 5.82. The molecule has 17 heavy (non-hydrogen) atoms. The van der Waals surface area contributed by atoms with Crippen molar-refractivity contribution in [2.75, 3.05) is 6.61 Å². The highest BCUT2D eigenvalue weighted by Gasteiger charge is 2.07. The summed E-state index contributed by atoms with van der Waals surface area (Å²) in [5.41, 5.74) is 2.59. The van der Waals surface area contributed by atoms with Gasteiger partial charge in [-0.3, -0.25) is 0 Å². The quantitative estimate of drug-likeness (QED) is 0.623. The van der Waals surface area contributed by atoms with E-state index in [9.17, 15) is 0 Å². The van der Waals surface area contributed by atoms with Crippen molar-refractivity contribution in [1.29, 1.82) is 0 Å². The van der Waals surface area contributed by atoms with Crippen LogP contribution < -0.4 is 4.74 Å². The van der Waals surface area contributed by atoms with Crippen molar-refractivity contribution in [2.24, 2.45) is 5.92 Å². The van der Waals surface area contributed by atoms with Gasteiger partial charge in [0.1, 0.15) is 5.75 Å². The third kappa shape index (κ3) is 5.08. The van der Waals surface area contributed by atoms with Crippen molar-refractivity contribution in [2.45, 2.75) is 40.0 Å². The number of ether oxygens (including phenoxy) is 1. The Morgan fingerprint density at radius 2 is 1.88 bits per heavy atom. The van der Waals surface area contributed by atoms with Gasteiger partial charge in [0.05, 0.1) is 6.61 Å². The van der Waals surface area contributed by atoms with Gasteiger partial charge in [0.2, 0.25) is 0 Å². The fourth-order valence-electron chi connectivity index (χ4n) is 1.85. The standard InChI is InChI=1S/C16H24O/c1-5-14-7-9-16(10-8-14)17-12-15(6-2)11-13(3)4/h7-10,15H,3,5-6,11-12H2,1-2,4H3. The first-order valence-electron chi connectivity index (χ1n) is 6.51. The summed E-state index contributed by atoms with van der Waals surface area (Å²) in [6, 6.07) is 8.39. The number of rotatable bonds is 7. The van der Waals surface area contributed by atoms with E-state index in [2.05, 4.69) is 51.6 Å². The highest BCUT2D eigenvalue weighted by atomic mass is 16.5. The van der Waals surface area contributed by atoms with Crippen molar-refractivity contribution < 1.29 is 4.74 Å².